The van der Waals surface area contributed by atoms with E-state index in [9.17, 15) is 14.9 Å². The Morgan fingerprint density at radius 1 is 1.18 bits per heavy atom. The quantitative estimate of drug-likeness (QED) is 0.628. The van der Waals surface area contributed by atoms with Crippen LogP contribution in [0.1, 0.15) is 15.9 Å². The Balaban J connectivity index is 2.04. The number of ether oxygens (including phenoxy) is 1. The number of benzene rings is 2. The van der Waals surface area contributed by atoms with Crippen LogP contribution in [-0.2, 0) is 6.61 Å². The highest BCUT2D eigenvalue weighted by atomic mass is 16.6. The number of nitro groups is 1. The zero-order chi connectivity index (χ0) is 16.1. The first kappa shape index (κ1) is 15.5. The Morgan fingerprint density at radius 3 is 2.45 bits per heavy atom. The van der Waals surface area contributed by atoms with E-state index in [2.05, 4.69) is 0 Å². The maximum absolute atomic E-state index is 11.9. The zero-order valence-electron chi connectivity index (χ0n) is 12.4. The first-order valence-electron chi connectivity index (χ1n) is 6.65. The van der Waals surface area contributed by atoms with Crippen LogP contribution in [0.5, 0.6) is 5.75 Å². The van der Waals surface area contributed by atoms with Gasteiger partial charge in [-0.2, -0.15) is 0 Å². The van der Waals surface area contributed by atoms with Crippen LogP contribution in [0.4, 0.5) is 5.69 Å². The average molecular weight is 300 g/mol. The second kappa shape index (κ2) is 6.71. The molecule has 0 fully saturated rings. The molecule has 0 aliphatic rings. The van der Waals surface area contributed by atoms with E-state index in [1.807, 2.05) is 0 Å². The number of carbonyl (C=O) groups excluding carboxylic acids is 1. The van der Waals surface area contributed by atoms with Crippen molar-refractivity contribution in [1.82, 2.24) is 4.90 Å². The SMILES string of the molecule is CN(C)C(=O)c1cccc(OCc2ccc([N+](=O)[O-])cc2)c1. The van der Waals surface area contributed by atoms with Gasteiger partial charge in [0.25, 0.3) is 11.6 Å². The number of rotatable bonds is 5. The molecule has 0 heterocycles. The summed E-state index contributed by atoms with van der Waals surface area (Å²) in [5, 5.41) is 10.6. The summed E-state index contributed by atoms with van der Waals surface area (Å²) in [5.41, 5.74) is 1.41. The van der Waals surface area contributed by atoms with E-state index in [1.54, 1.807) is 50.5 Å². The lowest BCUT2D eigenvalue weighted by molar-refractivity contribution is -0.384. The Bertz CT molecular complexity index is 681. The molecule has 6 heteroatoms. The van der Waals surface area contributed by atoms with Crippen LogP contribution in [0.25, 0.3) is 0 Å². The summed E-state index contributed by atoms with van der Waals surface area (Å²) in [6.07, 6.45) is 0. The predicted molar refractivity (Wildman–Crippen MR) is 81.9 cm³/mol. The van der Waals surface area contributed by atoms with Crippen molar-refractivity contribution in [1.29, 1.82) is 0 Å². The molecule has 2 aromatic carbocycles. The van der Waals surface area contributed by atoms with Crippen LogP contribution < -0.4 is 4.74 Å². The van der Waals surface area contributed by atoms with Gasteiger partial charge in [0.05, 0.1) is 4.92 Å². The molecule has 0 aliphatic carbocycles. The number of hydrogen-bond acceptors (Lipinski definition) is 4. The summed E-state index contributed by atoms with van der Waals surface area (Å²) >= 11 is 0. The van der Waals surface area contributed by atoms with Gasteiger partial charge in [-0.1, -0.05) is 6.07 Å². The summed E-state index contributed by atoms with van der Waals surface area (Å²) in [4.78, 5) is 23.5. The van der Waals surface area contributed by atoms with Gasteiger partial charge in [0.2, 0.25) is 0 Å². The molecule has 114 valence electrons. The molecule has 0 atom stereocenters. The number of carbonyl (C=O) groups is 1. The van der Waals surface area contributed by atoms with Gasteiger partial charge >= 0.3 is 0 Å². The van der Waals surface area contributed by atoms with Crippen molar-refractivity contribution >= 4 is 11.6 Å². The molecule has 0 saturated heterocycles. The summed E-state index contributed by atoms with van der Waals surface area (Å²) in [7, 11) is 3.37. The van der Waals surface area contributed by atoms with Crippen LogP contribution >= 0.6 is 0 Å². The van der Waals surface area contributed by atoms with Crippen molar-refractivity contribution in [3.8, 4) is 5.75 Å². The van der Waals surface area contributed by atoms with Gasteiger partial charge < -0.3 is 9.64 Å². The lowest BCUT2D eigenvalue weighted by atomic mass is 10.2. The second-order valence-corrected chi connectivity index (χ2v) is 4.94. The lowest BCUT2D eigenvalue weighted by Gasteiger charge is -2.12. The lowest BCUT2D eigenvalue weighted by Crippen LogP contribution is -2.21. The molecule has 0 saturated carbocycles. The Kier molecular flexibility index (Phi) is 4.73. The van der Waals surface area contributed by atoms with Crippen LogP contribution in [0.15, 0.2) is 48.5 Å². The average Bonchev–Trinajstić information content (AvgIpc) is 2.52. The molecule has 0 radical (unpaired) electrons. The molecule has 0 aliphatic heterocycles. The molecule has 22 heavy (non-hydrogen) atoms. The second-order valence-electron chi connectivity index (χ2n) is 4.94. The summed E-state index contributed by atoms with van der Waals surface area (Å²) in [5.74, 6) is 0.479. The molecule has 1 amide bonds. The number of nitro benzene ring substituents is 1. The van der Waals surface area contributed by atoms with Crippen molar-refractivity contribution in [3.05, 3.63) is 69.8 Å². The first-order valence-corrected chi connectivity index (χ1v) is 6.65. The molecule has 0 bridgehead atoms. The number of hydrogen-bond donors (Lipinski definition) is 0. The molecule has 2 aromatic rings. The van der Waals surface area contributed by atoms with Crippen molar-refractivity contribution in [2.45, 2.75) is 6.61 Å². The highest BCUT2D eigenvalue weighted by molar-refractivity contribution is 5.94. The van der Waals surface area contributed by atoms with E-state index in [0.717, 1.165) is 5.56 Å². The zero-order valence-corrected chi connectivity index (χ0v) is 12.4. The topological polar surface area (TPSA) is 72.7 Å². The van der Waals surface area contributed by atoms with Gasteiger partial charge in [-0.25, -0.2) is 0 Å². The van der Waals surface area contributed by atoms with Gasteiger partial charge in [-0.15, -0.1) is 0 Å². The Hall–Kier alpha value is -2.89. The molecule has 6 nitrogen and oxygen atoms in total. The third kappa shape index (κ3) is 3.82. The van der Waals surface area contributed by atoms with Crippen LogP contribution in [0.2, 0.25) is 0 Å². The minimum Gasteiger partial charge on any atom is -0.489 e. The Morgan fingerprint density at radius 2 is 1.86 bits per heavy atom. The van der Waals surface area contributed by atoms with Crippen molar-refractivity contribution in [2.24, 2.45) is 0 Å². The maximum atomic E-state index is 11.9. The van der Waals surface area contributed by atoms with Gasteiger partial charge in [0.15, 0.2) is 0 Å². The molecule has 0 N–H and O–H groups in total. The first-order chi connectivity index (χ1) is 10.5. The highest BCUT2D eigenvalue weighted by Crippen LogP contribution is 2.17. The van der Waals surface area contributed by atoms with E-state index in [-0.39, 0.29) is 18.2 Å². The third-order valence-electron chi connectivity index (χ3n) is 3.04. The largest absolute Gasteiger partial charge is 0.489 e. The molecule has 0 unspecified atom stereocenters. The molecule has 0 aromatic heterocycles. The van der Waals surface area contributed by atoms with E-state index in [1.165, 1.54) is 17.0 Å². The summed E-state index contributed by atoms with van der Waals surface area (Å²) in [6.45, 7) is 0.275. The highest BCUT2D eigenvalue weighted by Gasteiger charge is 2.09. The van der Waals surface area contributed by atoms with Crippen molar-refractivity contribution < 1.29 is 14.5 Å². The molecule has 2 rings (SSSR count). The minimum atomic E-state index is -0.443. The minimum absolute atomic E-state index is 0.0438. The van der Waals surface area contributed by atoms with Gasteiger partial charge in [-0.05, 0) is 35.9 Å². The summed E-state index contributed by atoms with van der Waals surface area (Å²) < 4.78 is 5.62. The predicted octanol–water partition coefficient (Wildman–Crippen LogP) is 2.88. The number of nitrogens with zero attached hydrogens (tertiary/aromatic N) is 2. The van der Waals surface area contributed by atoms with E-state index in [0.29, 0.717) is 11.3 Å². The third-order valence-corrected chi connectivity index (χ3v) is 3.04. The van der Waals surface area contributed by atoms with Crippen molar-refractivity contribution in [2.75, 3.05) is 14.1 Å². The smallest absolute Gasteiger partial charge is 0.269 e. The van der Waals surface area contributed by atoms with Gasteiger partial charge in [0, 0.05) is 31.8 Å². The molecular formula is C16H16N2O4. The number of non-ortho nitro benzene ring substituents is 1. The fourth-order valence-corrected chi connectivity index (χ4v) is 1.86. The van der Waals surface area contributed by atoms with Crippen LogP contribution in [0, 0.1) is 10.1 Å². The monoisotopic (exact) mass is 300 g/mol. The maximum Gasteiger partial charge on any atom is 0.269 e. The standard InChI is InChI=1S/C16H16N2O4/c1-17(2)16(19)13-4-3-5-15(10-13)22-11-12-6-8-14(9-7-12)18(20)21/h3-10H,11H2,1-2H3. The van der Waals surface area contributed by atoms with Crippen molar-refractivity contribution in [3.63, 3.8) is 0 Å². The normalized spacial score (nSPS) is 10.1. The van der Waals surface area contributed by atoms with E-state index in [4.69, 9.17) is 4.74 Å². The summed E-state index contributed by atoms with van der Waals surface area (Å²) in [6, 6.07) is 13.1. The van der Waals surface area contributed by atoms with E-state index >= 15 is 0 Å². The van der Waals surface area contributed by atoms with Gasteiger partial charge in [0.1, 0.15) is 12.4 Å². The Labute approximate surface area is 128 Å². The molecule has 0 spiro atoms. The fourth-order valence-electron chi connectivity index (χ4n) is 1.86. The fraction of sp³-hybridized carbons (Fsp3) is 0.188. The van der Waals surface area contributed by atoms with Crippen LogP contribution in [0.3, 0.4) is 0 Å². The van der Waals surface area contributed by atoms with Crippen LogP contribution in [-0.4, -0.2) is 29.8 Å². The van der Waals surface area contributed by atoms with Gasteiger partial charge in [-0.3, -0.25) is 14.9 Å². The van der Waals surface area contributed by atoms with E-state index < -0.39 is 4.92 Å². The molecular weight excluding hydrogens is 284 g/mol. The number of amides is 1.